The molecule has 0 amide bonds. The van der Waals surface area contributed by atoms with Gasteiger partial charge in [-0.15, -0.1) is 0 Å². The number of esters is 1. The molecule has 0 aliphatic heterocycles. The van der Waals surface area contributed by atoms with Crippen LogP contribution < -0.4 is 4.18 Å². The summed E-state index contributed by atoms with van der Waals surface area (Å²) in [4.78, 5) is 12.5. The molecule has 0 aliphatic carbocycles. The number of ether oxygens (including phenoxy) is 1. The molecule has 0 heterocycles. The van der Waals surface area contributed by atoms with Gasteiger partial charge in [-0.3, -0.25) is 4.55 Å². The van der Waals surface area contributed by atoms with Crippen LogP contribution in [-0.4, -0.2) is 76.9 Å². The van der Waals surface area contributed by atoms with E-state index in [-0.39, 0.29) is 69.3 Å². The summed E-state index contributed by atoms with van der Waals surface area (Å²) in [6.45, 7) is 4.60. The summed E-state index contributed by atoms with van der Waals surface area (Å²) in [6, 6.07) is 4.87. The number of hydrogen-bond acceptors (Lipinski definition) is 5. The Morgan fingerprint density at radius 3 is 2.00 bits per heavy atom. The zero-order valence-electron chi connectivity index (χ0n) is 18.5. The molecule has 0 aromatic heterocycles. The first-order chi connectivity index (χ1) is 14.4. The van der Waals surface area contributed by atoms with Crippen LogP contribution in [0, 0.1) is 0 Å². The summed E-state index contributed by atoms with van der Waals surface area (Å²) in [7, 11) is -4.74. The number of aryl methyl sites for hydroxylation is 1. The Hall–Kier alpha value is 0.0364. The predicted molar refractivity (Wildman–Crippen MR) is 127 cm³/mol. The molecule has 1 aromatic carbocycles. The van der Waals surface area contributed by atoms with Crippen LogP contribution in [0.5, 0.6) is 5.75 Å². The van der Waals surface area contributed by atoms with E-state index in [2.05, 4.69) is 13.8 Å². The van der Waals surface area contributed by atoms with Gasteiger partial charge in [-0.1, -0.05) is 90.2 Å². The van der Waals surface area contributed by atoms with Gasteiger partial charge in [-0.25, -0.2) is 4.79 Å². The fourth-order valence-corrected chi connectivity index (χ4v) is 3.77. The van der Waals surface area contributed by atoms with Gasteiger partial charge in [0.1, 0.15) is 5.56 Å². The Balaban J connectivity index is 0.00000900. The normalized spacial score (nSPS) is 11.1. The standard InChI is InChI=1S/C23H38O6S.K.H/c1-3-5-7-9-11-13-16-20-17-15-18-21(22(20)29-30(25,26)27)23(24)28-19-14-12-10-8-6-4-2;;/h15,17-18H,3-14,16,19H2,1-2H3,(H,25,26,27);;. The van der Waals surface area contributed by atoms with Crippen molar-refractivity contribution in [1.82, 2.24) is 0 Å². The van der Waals surface area contributed by atoms with E-state index in [9.17, 15) is 17.8 Å². The number of rotatable bonds is 17. The SMILES string of the molecule is CCCCCCCCOC(=O)c1cccc(CCCCCCCC)c1OS(=O)(=O)O.[KH]. The van der Waals surface area contributed by atoms with Gasteiger partial charge >= 0.3 is 67.8 Å². The van der Waals surface area contributed by atoms with Crippen LogP contribution in [0.4, 0.5) is 0 Å². The fraction of sp³-hybridized carbons (Fsp3) is 0.696. The first kappa shape index (κ1) is 31.0. The molecule has 1 N–H and O–H groups in total. The summed E-state index contributed by atoms with van der Waals surface area (Å²) in [5, 5.41) is 0. The van der Waals surface area contributed by atoms with Crippen molar-refractivity contribution in [3.63, 3.8) is 0 Å². The fourth-order valence-electron chi connectivity index (χ4n) is 3.37. The summed E-state index contributed by atoms with van der Waals surface area (Å²) in [5.41, 5.74) is 0.610. The number of benzene rings is 1. The van der Waals surface area contributed by atoms with Gasteiger partial charge in [0.2, 0.25) is 0 Å². The molecule has 0 saturated heterocycles. The van der Waals surface area contributed by atoms with E-state index in [1.807, 2.05) is 0 Å². The molecule has 0 saturated carbocycles. The van der Waals surface area contributed by atoms with Crippen molar-refractivity contribution in [1.29, 1.82) is 0 Å². The van der Waals surface area contributed by atoms with E-state index < -0.39 is 16.4 Å². The Morgan fingerprint density at radius 1 is 0.871 bits per heavy atom. The van der Waals surface area contributed by atoms with Crippen LogP contribution >= 0.6 is 0 Å². The summed E-state index contributed by atoms with van der Waals surface area (Å²) < 4.78 is 42.0. The molecule has 0 atom stereocenters. The van der Waals surface area contributed by atoms with E-state index in [4.69, 9.17) is 8.92 Å². The minimum atomic E-state index is -4.74. The molecular weight excluding hydrogens is 443 g/mol. The molecule has 0 radical (unpaired) electrons. The van der Waals surface area contributed by atoms with Gasteiger partial charge < -0.3 is 8.92 Å². The van der Waals surface area contributed by atoms with Gasteiger partial charge in [0, 0.05) is 0 Å². The second-order valence-electron chi connectivity index (χ2n) is 7.73. The molecule has 1 aromatic rings. The maximum absolute atomic E-state index is 12.5. The third kappa shape index (κ3) is 14.7. The molecule has 31 heavy (non-hydrogen) atoms. The van der Waals surface area contributed by atoms with E-state index in [0.717, 1.165) is 38.5 Å². The molecule has 6 nitrogen and oxygen atoms in total. The zero-order chi connectivity index (χ0) is 22.2. The van der Waals surface area contributed by atoms with Gasteiger partial charge in [0.25, 0.3) is 0 Å². The molecule has 0 bridgehead atoms. The summed E-state index contributed by atoms with van der Waals surface area (Å²) >= 11 is 0. The Morgan fingerprint density at radius 2 is 1.42 bits per heavy atom. The van der Waals surface area contributed by atoms with Gasteiger partial charge in [0.15, 0.2) is 5.75 Å². The summed E-state index contributed by atoms with van der Waals surface area (Å²) in [6.07, 6.45) is 13.5. The molecular formula is C23H39KO6S. The quantitative estimate of drug-likeness (QED) is 0.134. The van der Waals surface area contributed by atoms with Crippen LogP contribution in [-0.2, 0) is 21.6 Å². The van der Waals surface area contributed by atoms with Crippen molar-refractivity contribution in [3.8, 4) is 5.75 Å². The average molecular weight is 483 g/mol. The molecule has 1 rings (SSSR count). The second kappa shape index (κ2) is 18.5. The van der Waals surface area contributed by atoms with E-state index in [1.165, 1.54) is 44.6 Å². The number of carbonyl (C=O) groups excluding carboxylic acids is 1. The monoisotopic (exact) mass is 482 g/mol. The Labute approximate surface area is 231 Å². The molecule has 8 heteroatoms. The molecule has 0 fully saturated rings. The van der Waals surface area contributed by atoms with E-state index >= 15 is 0 Å². The van der Waals surface area contributed by atoms with Crippen molar-refractivity contribution in [3.05, 3.63) is 29.3 Å². The number of hydrogen-bond donors (Lipinski definition) is 1. The van der Waals surface area contributed by atoms with E-state index in [1.54, 1.807) is 12.1 Å². The second-order valence-corrected chi connectivity index (χ2v) is 8.75. The molecule has 0 spiro atoms. The zero-order valence-corrected chi connectivity index (χ0v) is 19.3. The number of unbranched alkanes of at least 4 members (excludes halogenated alkanes) is 10. The van der Waals surface area contributed by atoms with Gasteiger partial charge in [-0.05, 0) is 30.9 Å². The third-order valence-electron chi connectivity index (χ3n) is 5.04. The molecule has 174 valence electrons. The minimum absolute atomic E-state index is 0. The molecule has 0 aliphatic rings. The van der Waals surface area contributed by atoms with Crippen LogP contribution in [0.15, 0.2) is 18.2 Å². The Bertz CT molecular complexity index is 721. The van der Waals surface area contributed by atoms with Crippen molar-refractivity contribution >= 4 is 67.8 Å². The van der Waals surface area contributed by atoms with Crippen LogP contribution in [0.2, 0.25) is 0 Å². The van der Waals surface area contributed by atoms with Crippen molar-refractivity contribution in [2.45, 2.75) is 97.3 Å². The van der Waals surface area contributed by atoms with Crippen LogP contribution in [0.3, 0.4) is 0 Å². The predicted octanol–water partition coefficient (Wildman–Crippen LogP) is 5.64. The van der Waals surface area contributed by atoms with E-state index in [0.29, 0.717) is 12.0 Å². The average Bonchev–Trinajstić information content (AvgIpc) is 2.69. The van der Waals surface area contributed by atoms with Gasteiger partial charge in [0.05, 0.1) is 6.61 Å². The summed E-state index contributed by atoms with van der Waals surface area (Å²) in [5.74, 6) is -0.756. The van der Waals surface area contributed by atoms with Crippen LogP contribution in [0.1, 0.15) is 107 Å². The first-order valence-corrected chi connectivity index (χ1v) is 12.7. The number of para-hydroxylation sites is 1. The first-order valence-electron chi connectivity index (χ1n) is 11.3. The van der Waals surface area contributed by atoms with Gasteiger partial charge in [-0.2, -0.15) is 8.42 Å². The molecule has 0 unspecified atom stereocenters. The third-order valence-corrected chi connectivity index (χ3v) is 5.41. The maximum atomic E-state index is 12.5. The van der Waals surface area contributed by atoms with Crippen LogP contribution in [0.25, 0.3) is 0 Å². The van der Waals surface area contributed by atoms with Crippen molar-refractivity contribution in [2.24, 2.45) is 0 Å². The topological polar surface area (TPSA) is 89.9 Å². The van der Waals surface area contributed by atoms with Crippen molar-refractivity contribution < 1.29 is 26.7 Å². The Kier molecular flexibility index (Phi) is 18.5. The van der Waals surface area contributed by atoms with Crippen molar-refractivity contribution in [2.75, 3.05) is 6.61 Å². The number of carbonyl (C=O) groups is 1.